The molecule has 0 aromatic carbocycles. The second-order valence-electron chi connectivity index (χ2n) is 5.90. The molecule has 0 atom stereocenters. The maximum atomic E-state index is 12.0. The summed E-state index contributed by atoms with van der Waals surface area (Å²) in [6, 6.07) is 1.60. The van der Waals surface area contributed by atoms with E-state index in [0.29, 0.717) is 25.3 Å². The molecule has 0 spiro atoms. The molecule has 0 saturated heterocycles. The predicted molar refractivity (Wildman–Crippen MR) is 82.4 cm³/mol. The highest BCUT2D eigenvalue weighted by molar-refractivity contribution is 7.10. The highest BCUT2D eigenvalue weighted by atomic mass is 32.1. The van der Waals surface area contributed by atoms with Gasteiger partial charge in [0.1, 0.15) is 5.54 Å². The van der Waals surface area contributed by atoms with Crippen LogP contribution in [0.3, 0.4) is 0 Å². The molecule has 0 bridgehead atoms. The van der Waals surface area contributed by atoms with E-state index in [1.807, 2.05) is 18.4 Å². The summed E-state index contributed by atoms with van der Waals surface area (Å²) in [6.45, 7) is 4.54. The maximum absolute atomic E-state index is 12.0. The third-order valence-electron chi connectivity index (χ3n) is 4.27. The first kappa shape index (κ1) is 15.8. The van der Waals surface area contributed by atoms with Crippen molar-refractivity contribution in [2.75, 3.05) is 0 Å². The Morgan fingerprint density at radius 2 is 2.10 bits per heavy atom. The molecule has 1 aliphatic carbocycles. The van der Waals surface area contributed by atoms with Crippen LogP contribution >= 0.6 is 11.3 Å². The van der Waals surface area contributed by atoms with E-state index in [-0.39, 0.29) is 0 Å². The quantitative estimate of drug-likeness (QED) is 0.800. The van der Waals surface area contributed by atoms with Crippen LogP contribution in [-0.4, -0.2) is 22.6 Å². The lowest BCUT2D eigenvalue weighted by Gasteiger charge is -2.36. The molecule has 6 heteroatoms. The van der Waals surface area contributed by atoms with Gasteiger partial charge in [0.15, 0.2) is 0 Å². The Kier molecular flexibility index (Phi) is 4.88. The Labute approximate surface area is 128 Å². The number of urea groups is 1. The first-order valence-corrected chi connectivity index (χ1v) is 8.13. The summed E-state index contributed by atoms with van der Waals surface area (Å²) in [6.07, 6.45) is 2.65. The van der Waals surface area contributed by atoms with Crippen molar-refractivity contribution in [3.05, 3.63) is 21.9 Å². The SMILES string of the molecule is Cc1ccsc1CNC(=O)NC1(C(=O)O)CCC(C)CC1. The van der Waals surface area contributed by atoms with Crippen LogP contribution in [0.4, 0.5) is 4.79 Å². The average Bonchev–Trinajstić information content (AvgIpc) is 2.84. The molecule has 3 N–H and O–H groups in total. The van der Waals surface area contributed by atoms with Crippen LogP contribution in [0.15, 0.2) is 11.4 Å². The number of amides is 2. The molecular formula is C15H22N2O3S. The summed E-state index contributed by atoms with van der Waals surface area (Å²) in [7, 11) is 0. The Bertz CT molecular complexity index is 519. The second-order valence-corrected chi connectivity index (χ2v) is 6.90. The fraction of sp³-hybridized carbons (Fsp3) is 0.600. The molecular weight excluding hydrogens is 288 g/mol. The number of thiophene rings is 1. The number of aryl methyl sites for hydroxylation is 1. The lowest BCUT2D eigenvalue weighted by atomic mass is 9.77. The monoisotopic (exact) mass is 310 g/mol. The van der Waals surface area contributed by atoms with Gasteiger partial charge in [-0.2, -0.15) is 0 Å². The van der Waals surface area contributed by atoms with Crippen molar-refractivity contribution in [1.29, 1.82) is 0 Å². The molecule has 1 heterocycles. The molecule has 5 nitrogen and oxygen atoms in total. The third kappa shape index (κ3) is 3.75. The van der Waals surface area contributed by atoms with Gasteiger partial charge in [-0.3, -0.25) is 0 Å². The van der Waals surface area contributed by atoms with Gasteiger partial charge in [0.2, 0.25) is 0 Å². The lowest BCUT2D eigenvalue weighted by Crippen LogP contribution is -2.58. The van der Waals surface area contributed by atoms with Crippen molar-refractivity contribution in [3.8, 4) is 0 Å². The van der Waals surface area contributed by atoms with Gasteiger partial charge < -0.3 is 15.7 Å². The van der Waals surface area contributed by atoms with Crippen LogP contribution in [0.2, 0.25) is 0 Å². The standard InChI is InChI=1S/C15H22N2O3S/c1-10-3-6-15(7-4-10,13(18)19)17-14(20)16-9-12-11(2)5-8-21-12/h5,8,10H,3-4,6-7,9H2,1-2H3,(H,18,19)(H2,16,17,20). The van der Waals surface area contributed by atoms with Gasteiger partial charge in [0.25, 0.3) is 0 Å². The molecule has 0 radical (unpaired) electrons. The van der Waals surface area contributed by atoms with E-state index < -0.39 is 17.5 Å². The second kappa shape index (κ2) is 6.47. The molecule has 21 heavy (non-hydrogen) atoms. The Morgan fingerprint density at radius 1 is 1.43 bits per heavy atom. The van der Waals surface area contributed by atoms with E-state index in [2.05, 4.69) is 17.6 Å². The molecule has 1 aromatic heterocycles. The van der Waals surface area contributed by atoms with Crippen molar-refractivity contribution >= 4 is 23.3 Å². The van der Waals surface area contributed by atoms with Crippen LogP contribution in [0, 0.1) is 12.8 Å². The van der Waals surface area contributed by atoms with Gasteiger partial charge in [0, 0.05) is 4.88 Å². The van der Waals surface area contributed by atoms with E-state index in [1.54, 1.807) is 11.3 Å². The normalized spacial score (nSPS) is 25.3. The maximum Gasteiger partial charge on any atom is 0.329 e. The summed E-state index contributed by atoms with van der Waals surface area (Å²) in [5, 5.41) is 16.9. The van der Waals surface area contributed by atoms with Crippen molar-refractivity contribution < 1.29 is 14.7 Å². The minimum Gasteiger partial charge on any atom is -0.480 e. The highest BCUT2D eigenvalue weighted by Gasteiger charge is 2.42. The van der Waals surface area contributed by atoms with Gasteiger partial charge in [-0.05, 0) is 55.5 Å². The molecule has 1 saturated carbocycles. The minimum absolute atomic E-state index is 0.403. The number of hydrogen-bond donors (Lipinski definition) is 3. The topological polar surface area (TPSA) is 78.4 Å². The number of carbonyl (C=O) groups is 2. The lowest BCUT2D eigenvalue weighted by molar-refractivity contribution is -0.146. The molecule has 2 amide bonds. The molecule has 0 aliphatic heterocycles. The Balaban J connectivity index is 1.93. The molecule has 2 rings (SSSR count). The van der Waals surface area contributed by atoms with E-state index >= 15 is 0 Å². The van der Waals surface area contributed by atoms with E-state index in [0.717, 1.165) is 23.3 Å². The van der Waals surface area contributed by atoms with Crippen LogP contribution in [0.1, 0.15) is 43.0 Å². The number of aliphatic carboxylic acids is 1. The Hall–Kier alpha value is -1.56. The summed E-state index contributed by atoms with van der Waals surface area (Å²) in [5.41, 5.74) is 0.0286. The molecule has 1 aliphatic rings. The van der Waals surface area contributed by atoms with Gasteiger partial charge in [-0.15, -0.1) is 11.3 Å². The first-order chi connectivity index (χ1) is 9.93. The van der Waals surface area contributed by atoms with Crippen molar-refractivity contribution in [2.45, 2.75) is 51.6 Å². The zero-order valence-corrected chi connectivity index (χ0v) is 13.3. The largest absolute Gasteiger partial charge is 0.480 e. The molecule has 0 unspecified atom stereocenters. The summed E-state index contributed by atoms with van der Waals surface area (Å²) >= 11 is 1.58. The first-order valence-electron chi connectivity index (χ1n) is 7.25. The van der Waals surface area contributed by atoms with Crippen molar-refractivity contribution in [2.24, 2.45) is 5.92 Å². The fourth-order valence-corrected chi connectivity index (χ4v) is 3.50. The van der Waals surface area contributed by atoms with E-state index in [9.17, 15) is 14.7 Å². The van der Waals surface area contributed by atoms with Crippen LogP contribution in [0.5, 0.6) is 0 Å². The number of carboxylic acid groups (broad SMARTS) is 1. The number of nitrogens with one attached hydrogen (secondary N) is 2. The van der Waals surface area contributed by atoms with Gasteiger partial charge in [-0.1, -0.05) is 6.92 Å². The number of carboxylic acids is 1. The zero-order valence-electron chi connectivity index (χ0n) is 12.4. The van der Waals surface area contributed by atoms with Crippen LogP contribution in [-0.2, 0) is 11.3 Å². The molecule has 1 aromatic rings. The minimum atomic E-state index is -1.11. The zero-order chi connectivity index (χ0) is 15.5. The molecule has 1 fully saturated rings. The van der Waals surface area contributed by atoms with Gasteiger partial charge in [-0.25, -0.2) is 9.59 Å². The van der Waals surface area contributed by atoms with E-state index in [4.69, 9.17) is 0 Å². The van der Waals surface area contributed by atoms with Crippen LogP contribution < -0.4 is 10.6 Å². The van der Waals surface area contributed by atoms with E-state index in [1.165, 1.54) is 0 Å². The van der Waals surface area contributed by atoms with Gasteiger partial charge >= 0.3 is 12.0 Å². The number of rotatable bonds is 4. The van der Waals surface area contributed by atoms with Crippen LogP contribution in [0.25, 0.3) is 0 Å². The third-order valence-corrected chi connectivity index (χ3v) is 5.29. The average molecular weight is 310 g/mol. The highest BCUT2D eigenvalue weighted by Crippen LogP contribution is 2.32. The number of carbonyl (C=O) groups excluding carboxylic acids is 1. The van der Waals surface area contributed by atoms with Crippen molar-refractivity contribution in [1.82, 2.24) is 10.6 Å². The summed E-state index contributed by atoms with van der Waals surface area (Å²) < 4.78 is 0. The smallest absolute Gasteiger partial charge is 0.329 e. The fourth-order valence-electron chi connectivity index (χ4n) is 2.65. The predicted octanol–water partition coefficient (Wildman–Crippen LogP) is 2.89. The van der Waals surface area contributed by atoms with Gasteiger partial charge in [0.05, 0.1) is 6.54 Å². The summed E-state index contributed by atoms with van der Waals surface area (Å²) in [5.74, 6) is -0.409. The number of hydrogen-bond acceptors (Lipinski definition) is 3. The van der Waals surface area contributed by atoms with Crippen molar-refractivity contribution in [3.63, 3.8) is 0 Å². The summed E-state index contributed by atoms with van der Waals surface area (Å²) in [4.78, 5) is 24.7. The Morgan fingerprint density at radius 3 is 2.62 bits per heavy atom. The molecule has 116 valence electrons.